The van der Waals surface area contributed by atoms with E-state index in [0.29, 0.717) is 6.04 Å². The summed E-state index contributed by atoms with van der Waals surface area (Å²) in [5.41, 5.74) is 7.14. The molecule has 0 bridgehead atoms. The van der Waals surface area contributed by atoms with Crippen LogP contribution in [0.4, 0.5) is 5.69 Å². The number of hydrogen-bond acceptors (Lipinski definition) is 3. The molecule has 0 aromatic heterocycles. The maximum Gasteiger partial charge on any atom is 0.0367 e. The van der Waals surface area contributed by atoms with Crippen molar-refractivity contribution in [3.8, 4) is 0 Å². The Morgan fingerprint density at radius 2 is 1.76 bits per heavy atom. The lowest BCUT2D eigenvalue weighted by molar-refractivity contribution is 0.250. The van der Waals surface area contributed by atoms with Gasteiger partial charge in [0.2, 0.25) is 0 Å². The highest BCUT2D eigenvalue weighted by molar-refractivity contribution is 5.46. The fraction of sp³-hybridized carbons (Fsp3) is 0.571. The molecule has 2 rings (SSSR count). The number of para-hydroxylation sites is 1. The summed E-state index contributed by atoms with van der Waals surface area (Å²) in [7, 11) is 0. The molecule has 1 fully saturated rings. The molecule has 0 aliphatic carbocycles. The molecule has 0 saturated carbocycles. The van der Waals surface area contributed by atoms with Gasteiger partial charge in [-0.15, -0.1) is 0 Å². The third-order valence-corrected chi connectivity index (χ3v) is 3.39. The van der Waals surface area contributed by atoms with Crippen LogP contribution < -0.4 is 10.6 Å². The Balaban J connectivity index is 1.78. The van der Waals surface area contributed by atoms with Gasteiger partial charge in [0.15, 0.2) is 0 Å². The van der Waals surface area contributed by atoms with Crippen molar-refractivity contribution in [2.45, 2.75) is 19.4 Å². The van der Waals surface area contributed by atoms with Crippen LogP contribution in [0.25, 0.3) is 0 Å². The molecule has 2 N–H and O–H groups in total. The summed E-state index contributed by atoms with van der Waals surface area (Å²) in [6.07, 6.45) is 1.10. The Morgan fingerprint density at radius 1 is 1.12 bits per heavy atom. The van der Waals surface area contributed by atoms with Crippen molar-refractivity contribution in [2.24, 2.45) is 5.73 Å². The first kappa shape index (κ1) is 12.4. The van der Waals surface area contributed by atoms with Crippen molar-refractivity contribution in [1.82, 2.24) is 4.90 Å². The van der Waals surface area contributed by atoms with Crippen molar-refractivity contribution in [2.75, 3.05) is 37.6 Å². The second-order valence-corrected chi connectivity index (χ2v) is 4.93. The molecule has 0 spiro atoms. The summed E-state index contributed by atoms with van der Waals surface area (Å²) in [4.78, 5) is 4.98. The third-order valence-electron chi connectivity index (χ3n) is 3.39. The van der Waals surface area contributed by atoms with E-state index in [0.717, 1.165) is 39.1 Å². The van der Waals surface area contributed by atoms with Crippen molar-refractivity contribution in [3.05, 3.63) is 30.3 Å². The predicted molar refractivity (Wildman–Crippen MR) is 73.4 cm³/mol. The summed E-state index contributed by atoms with van der Waals surface area (Å²) in [6, 6.07) is 11.0. The molecule has 0 unspecified atom stereocenters. The highest BCUT2D eigenvalue weighted by Crippen LogP contribution is 2.15. The van der Waals surface area contributed by atoms with Gasteiger partial charge in [-0.1, -0.05) is 18.2 Å². The Kier molecular flexibility index (Phi) is 4.40. The number of benzene rings is 1. The average molecular weight is 233 g/mol. The number of nitrogens with zero attached hydrogens (tertiary/aromatic N) is 2. The normalized spacial score (nSPS) is 19.3. The van der Waals surface area contributed by atoms with Crippen LogP contribution in [0.1, 0.15) is 13.3 Å². The Morgan fingerprint density at radius 3 is 2.35 bits per heavy atom. The van der Waals surface area contributed by atoms with E-state index in [1.165, 1.54) is 5.69 Å². The molecule has 3 nitrogen and oxygen atoms in total. The molecule has 0 amide bonds. The lowest BCUT2D eigenvalue weighted by Gasteiger charge is -2.36. The van der Waals surface area contributed by atoms with Crippen LogP contribution in [-0.2, 0) is 0 Å². The second kappa shape index (κ2) is 6.03. The van der Waals surface area contributed by atoms with Crippen LogP contribution >= 0.6 is 0 Å². The topological polar surface area (TPSA) is 32.5 Å². The Hall–Kier alpha value is -1.06. The van der Waals surface area contributed by atoms with E-state index >= 15 is 0 Å². The molecule has 1 aliphatic heterocycles. The smallest absolute Gasteiger partial charge is 0.0367 e. The fourth-order valence-electron chi connectivity index (χ4n) is 2.25. The molecule has 3 heteroatoms. The fourth-order valence-corrected chi connectivity index (χ4v) is 2.25. The van der Waals surface area contributed by atoms with Gasteiger partial charge in [-0.3, -0.25) is 4.90 Å². The zero-order chi connectivity index (χ0) is 12.1. The molecule has 94 valence electrons. The average Bonchev–Trinajstić information content (AvgIpc) is 2.38. The summed E-state index contributed by atoms with van der Waals surface area (Å²) in [5, 5.41) is 0. The van der Waals surface area contributed by atoms with Gasteiger partial charge in [0.1, 0.15) is 0 Å². The predicted octanol–water partition coefficient (Wildman–Crippen LogP) is 1.55. The molecular formula is C14H23N3. The first-order valence-corrected chi connectivity index (χ1v) is 6.53. The first-order valence-electron chi connectivity index (χ1n) is 6.53. The lowest BCUT2D eigenvalue weighted by atomic mass is 10.2. The van der Waals surface area contributed by atoms with E-state index in [1.807, 2.05) is 0 Å². The minimum atomic E-state index is 0.321. The van der Waals surface area contributed by atoms with Crippen molar-refractivity contribution >= 4 is 5.69 Å². The Labute approximate surface area is 104 Å². The molecule has 17 heavy (non-hydrogen) atoms. The van der Waals surface area contributed by atoms with Crippen LogP contribution in [0.5, 0.6) is 0 Å². The highest BCUT2D eigenvalue weighted by atomic mass is 15.3. The van der Waals surface area contributed by atoms with E-state index in [-0.39, 0.29) is 0 Å². The summed E-state index contributed by atoms with van der Waals surface area (Å²) < 4.78 is 0. The van der Waals surface area contributed by atoms with E-state index in [1.54, 1.807) is 0 Å². The zero-order valence-corrected chi connectivity index (χ0v) is 10.7. The van der Waals surface area contributed by atoms with Crippen molar-refractivity contribution in [3.63, 3.8) is 0 Å². The monoisotopic (exact) mass is 233 g/mol. The molecule has 1 heterocycles. The molecule has 0 radical (unpaired) electrons. The Bertz CT molecular complexity index is 315. The maximum absolute atomic E-state index is 5.79. The van der Waals surface area contributed by atoms with Gasteiger partial charge >= 0.3 is 0 Å². The molecule has 1 atom stereocenters. The minimum Gasteiger partial charge on any atom is -0.369 e. The van der Waals surface area contributed by atoms with Crippen LogP contribution in [0, 0.1) is 0 Å². The van der Waals surface area contributed by atoms with Gasteiger partial charge in [0, 0.05) is 37.9 Å². The molecule has 1 aromatic carbocycles. The lowest BCUT2D eigenvalue weighted by Crippen LogP contribution is -2.47. The SMILES string of the molecule is C[C@H](N)CCN1CCN(c2ccccc2)CC1. The summed E-state index contributed by atoms with van der Waals surface area (Å²) in [5.74, 6) is 0. The number of nitrogens with two attached hydrogens (primary N) is 1. The number of piperazine rings is 1. The number of hydrogen-bond donors (Lipinski definition) is 1. The maximum atomic E-state index is 5.79. The van der Waals surface area contributed by atoms with Gasteiger partial charge in [-0.05, 0) is 32.0 Å². The van der Waals surface area contributed by atoms with Gasteiger partial charge in [-0.2, -0.15) is 0 Å². The number of anilines is 1. The van der Waals surface area contributed by atoms with Gasteiger partial charge in [0.05, 0.1) is 0 Å². The van der Waals surface area contributed by atoms with E-state index in [2.05, 4.69) is 47.1 Å². The van der Waals surface area contributed by atoms with Gasteiger partial charge in [-0.25, -0.2) is 0 Å². The first-order chi connectivity index (χ1) is 8.25. The molecular weight excluding hydrogens is 210 g/mol. The second-order valence-electron chi connectivity index (χ2n) is 4.93. The van der Waals surface area contributed by atoms with Gasteiger partial charge in [0.25, 0.3) is 0 Å². The van der Waals surface area contributed by atoms with Crippen LogP contribution in [0.2, 0.25) is 0 Å². The third kappa shape index (κ3) is 3.72. The zero-order valence-electron chi connectivity index (χ0n) is 10.7. The molecule has 1 aliphatic rings. The highest BCUT2D eigenvalue weighted by Gasteiger charge is 2.16. The summed E-state index contributed by atoms with van der Waals surface area (Å²) >= 11 is 0. The van der Waals surface area contributed by atoms with E-state index in [9.17, 15) is 0 Å². The number of rotatable bonds is 4. The molecule has 1 saturated heterocycles. The van der Waals surface area contributed by atoms with Crippen molar-refractivity contribution < 1.29 is 0 Å². The standard InChI is InChI=1S/C14H23N3/c1-13(15)7-8-16-9-11-17(12-10-16)14-5-3-2-4-6-14/h2-6,13H,7-12,15H2,1H3/t13-/m0/s1. The minimum absolute atomic E-state index is 0.321. The largest absolute Gasteiger partial charge is 0.369 e. The van der Waals surface area contributed by atoms with E-state index in [4.69, 9.17) is 5.73 Å². The summed E-state index contributed by atoms with van der Waals surface area (Å²) in [6.45, 7) is 7.79. The van der Waals surface area contributed by atoms with Crippen LogP contribution in [0.3, 0.4) is 0 Å². The van der Waals surface area contributed by atoms with Crippen LogP contribution in [0.15, 0.2) is 30.3 Å². The van der Waals surface area contributed by atoms with Crippen LogP contribution in [-0.4, -0.2) is 43.7 Å². The van der Waals surface area contributed by atoms with Crippen molar-refractivity contribution in [1.29, 1.82) is 0 Å². The molecule has 1 aromatic rings. The van der Waals surface area contributed by atoms with E-state index < -0.39 is 0 Å². The quantitative estimate of drug-likeness (QED) is 0.856. The van der Waals surface area contributed by atoms with Gasteiger partial charge < -0.3 is 10.6 Å².